The number of fused-ring (bicyclic) bond motifs is 2. The number of nitrogens with zero attached hydrogens (tertiary/aromatic N) is 3. The van der Waals surface area contributed by atoms with Crippen LogP contribution in [0.15, 0.2) is 53.4 Å². The summed E-state index contributed by atoms with van der Waals surface area (Å²) in [6.07, 6.45) is 1.53. The first-order chi connectivity index (χ1) is 17.1. The van der Waals surface area contributed by atoms with Gasteiger partial charge in [0.1, 0.15) is 0 Å². The minimum atomic E-state index is -3.69. The second kappa shape index (κ2) is 9.29. The van der Waals surface area contributed by atoms with Crippen molar-refractivity contribution in [1.82, 2.24) is 9.29 Å². The van der Waals surface area contributed by atoms with Crippen molar-refractivity contribution >= 4 is 44.1 Å². The Morgan fingerprint density at radius 1 is 1.06 bits per heavy atom. The van der Waals surface area contributed by atoms with Crippen LogP contribution in [0.3, 0.4) is 0 Å². The van der Waals surface area contributed by atoms with Crippen LogP contribution in [0.4, 0.5) is 11.4 Å². The van der Waals surface area contributed by atoms with Crippen molar-refractivity contribution in [2.24, 2.45) is 5.92 Å². The Bertz CT molecular complexity index is 1460. The summed E-state index contributed by atoms with van der Waals surface area (Å²) in [5, 5.41) is 3.93. The zero-order chi connectivity index (χ0) is 25.6. The predicted octanol–water partition coefficient (Wildman–Crippen LogP) is 3.88. The van der Waals surface area contributed by atoms with E-state index in [1.54, 1.807) is 23.1 Å². The van der Waals surface area contributed by atoms with Gasteiger partial charge in [-0.1, -0.05) is 18.2 Å². The smallest absolute Gasteiger partial charge is 0.243 e. The molecule has 5 rings (SSSR count). The third kappa shape index (κ3) is 4.37. The summed E-state index contributed by atoms with van der Waals surface area (Å²) in [7, 11) is -3.69. The fraction of sp³-hybridized carbons (Fsp3) is 0.370. The fourth-order valence-electron chi connectivity index (χ4n) is 5.40. The molecule has 188 valence electrons. The van der Waals surface area contributed by atoms with E-state index in [9.17, 15) is 18.0 Å². The van der Waals surface area contributed by atoms with E-state index >= 15 is 0 Å². The van der Waals surface area contributed by atoms with Gasteiger partial charge in [0.25, 0.3) is 0 Å². The number of benzene rings is 2. The van der Waals surface area contributed by atoms with Gasteiger partial charge in [0.2, 0.25) is 21.8 Å². The highest BCUT2D eigenvalue weighted by molar-refractivity contribution is 7.89. The summed E-state index contributed by atoms with van der Waals surface area (Å²) in [6.45, 7) is 5.94. The SMILES string of the molecule is CC(=O)N1c2ccc(S(=O)(=O)N3CCC(C(=O)Nc4cc(C)nc5ccccc45)CC3)cc2CC1C. The number of pyridine rings is 1. The monoisotopic (exact) mass is 506 g/mol. The van der Waals surface area contributed by atoms with E-state index in [4.69, 9.17) is 0 Å². The Labute approximate surface area is 211 Å². The Hall–Kier alpha value is -3.30. The molecule has 1 atom stereocenters. The number of carbonyl (C=O) groups excluding carboxylic acids is 2. The predicted molar refractivity (Wildman–Crippen MR) is 139 cm³/mol. The van der Waals surface area contributed by atoms with Gasteiger partial charge in [-0.3, -0.25) is 14.6 Å². The number of carbonyl (C=O) groups is 2. The number of rotatable bonds is 4. The highest BCUT2D eigenvalue weighted by Crippen LogP contribution is 2.35. The third-order valence-corrected chi connectivity index (χ3v) is 9.07. The summed E-state index contributed by atoms with van der Waals surface area (Å²) in [6, 6.07) is 14.5. The van der Waals surface area contributed by atoms with Crippen LogP contribution in [0, 0.1) is 12.8 Å². The standard InChI is InChI=1S/C27H30N4O4S/c1-17-14-25(23-6-4-5-7-24(23)28-17)29-27(33)20-10-12-30(13-11-20)36(34,35)22-8-9-26-21(16-22)15-18(2)31(26)19(3)32/h4-9,14,16,18,20H,10-13,15H2,1-3H3,(H,28,29,33). The molecular weight excluding hydrogens is 476 g/mol. The van der Waals surface area contributed by atoms with Gasteiger partial charge in [-0.2, -0.15) is 4.31 Å². The van der Waals surface area contributed by atoms with Crippen LogP contribution >= 0.6 is 0 Å². The summed E-state index contributed by atoms with van der Waals surface area (Å²) in [5.74, 6) is -0.417. The molecular formula is C27H30N4O4S. The van der Waals surface area contributed by atoms with Crippen LogP contribution in [-0.4, -0.2) is 48.7 Å². The first-order valence-corrected chi connectivity index (χ1v) is 13.7. The molecule has 36 heavy (non-hydrogen) atoms. The first-order valence-electron chi connectivity index (χ1n) is 12.3. The highest BCUT2D eigenvalue weighted by Gasteiger charge is 2.34. The average molecular weight is 507 g/mol. The van der Waals surface area contributed by atoms with E-state index in [-0.39, 0.29) is 41.8 Å². The molecule has 1 N–H and O–H groups in total. The lowest BCUT2D eigenvalue weighted by Crippen LogP contribution is -2.41. The maximum atomic E-state index is 13.4. The molecule has 2 aliphatic rings. The number of hydrogen-bond donors (Lipinski definition) is 1. The second-order valence-electron chi connectivity index (χ2n) is 9.73. The van der Waals surface area contributed by atoms with Crippen LogP contribution in [0.1, 0.15) is 37.9 Å². The number of piperidine rings is 1. The molecule has 1 unspecified atom stereocenters. The van der Waals surface area contributed by atoms with Crippen molar-refractivity contribution in [3.8, 4) is 0 Å². The van der Waals surface area contributed by atoms with Gasteiger partial charge in [0.15, 0.2) is 0 Å². The molecule has 0 spiro atoms. The lowest BCUT2D eigenvalue weighted by Gasteiger charge is -2.30. The molecule has 3 heterocycles. The van der Waals surface area contributed by atoms with Crippen LogP contribution < -0.4 is 10.2 Å². The summed E-state index contributed by atoms with van der Waals surface area (Å²) >= 11 is 0. The first kappa shape index (κ1) is 24.4. The topological polar surface area (TPSA) is 99.7 Å². The minimum absolute atomic E-state index is 0.00557. The molecule has 1 saturated heterocycles. The maximum absolute atomic E-state index is 13.4. The van der Waals surface area contributed by atoms with E-state index in [0.29, 0.717) is 19.3 Å². The molecule has 3 aromatic rings. The van der Waals surface area contributed by atoms with Gasteiger partial charge in [-0.05, 0) is 69.0 Å². The largest absolute Gasteiger partial charge is 0.325 e. The molecule has 0 saturated carbocycles. The number of hydrogen-bond acceptors (Lipinski definition) is 5. The van der Waals surface area contributed by atoms with E-state index < -0.39 is 10.0 Å². The van der Waals surface area contributed by atoms with Gasteiger partial charge in [-0.15, -0.1) is 0 Å². The van der Waals surface area contributed by atoms with Crippen molar-refractivity contribution < 1.29 is 18.0 Å². The molecule has 9 heteroatoms. The third-order valence-electron chi connectivity index (χ3n) is 7.17. The molecule has 2 amide bonds. The summed E-state index contributed by atoms with van der Waals surface area (Å²) in [5.41, 5.74) is 4.02. The van der Waals surface area contributed by atoms with Gasteiger partial charge >= 0.3 is 0 Å². The van der Waals surface area contributed by atoms with Crippen molar-refractivity contribution in [2.45, 2.75) is 51.0 Å². The van der Waals surface area contributed by atoms with Crippen molar-refractivity contribution in [1.29, 1.82) is 0 Å². The maximum Gasteiger partial charge on any atom is 0.243 e. The van der Waals surface area contributed by atoms with Gasteiger partial charge in [0.05, 0.1) is 16.1 Å². The molecule has 2 aliphatic heterocycles. The van der Waals surface area contributed by atoms with E-state index in [1.807, 2.05) is 44.2 Å². The zero-order valence-corrected chi connectivity index (χ0v) is 21.5. The van der Waals surface area contributed by atoms with Crippen LogP contribution in [0.2, 0.25) is 0 Å². The molecule has 8 nitrogen and oxygen atoms in total. The molecule has 1 fully saturated rings. The quantitative estimate of drug-likeness (QED) is 0.579. The van der Waals surface area contributed by atoms with E-state index in [2.05, 4.69) is 10.3 Å². The van der Waals surface area contributed by atoms with Crippen LogP contribution in [0.5, 0.6) is 0 Å². The number of aryl methyl sites for hydroxylation is 1. The average Bonchev–Trinajstić information content (AvgIpc) is 3.19. The number of amides is 2. The highest BCUT2D eigenvalue weighted by atomic mass is 32.2. The Kier molecular flexibility index (Phi) is 6.30. The van der Waals surface area contributed by atoms with Gasteiger partial charge < -0.3 is 10.2 Å². The lowest BCUT2D eigenvalue weighted by atomic mass is 9.97. The second-order valence-corrected chi connectivity index (χ2v) is 11.7. The molecule has 0 aliphatic carbocycles. The number of sulfonamides is 1. The Morgan fingerprint density at radius 2 is 1.78 bits per heavy atom. The molecule has 0 bridgehead atoms. The van der Waals surface area contributed by atoms with Crippen molar-refractivity contribution in [3.63, 3.8) is 0 Å². The summed E-state index contributed by atoms with van der Waals surface area (Å²) in [4.78, 5) is 31.5. The Morgan fingerprint density at radius 3 is 2.50 bits per heavy atom. The van der Waals surface area contributed by atoms with E-state index in [0.717, 1.165) is 33.5 Å². The molecule has 0 radical (unpaired) electrons. The lowest BCUT2D eigenvalue weighted by molar-refractivity contribution is -0.121. The number of anilines is 2. The Balaban J connectivity index is 1.27. The van der Waals surface area contributed by atoms with E-state index in [1.165, 1.54) is 11.2 Å². The normalized spacial score (nSPS) is 18.9. The van der Waals surface area contributed by atoms with Crippen molar-refractivity contribution in [2.75, 3.05) is 23.3 Å². The van der Waals surface area contributed by atoms with Gasteiger partial charge in [0, 0.05) is 48.7 Å². The van der Waals surface area contributed by atoms with Gasteiger partial charge in [-0.25, -0.2) is 8.42 Å². The zero-order valence-electron chi connectivity index (χ0n) is 20.7. The minimum Gasteiger partial charge on any atom is -0.325 e. The number of para-hydroxylation sites is 1. The molecule has 1 aromatic heterocycles. The fourth-order valence-corrected chi connectivity index (χ4v) is 6.92. The number of nitrogens with one attached hydrogen (secondary N) is 1. The summed E-state index contributed by atoms with van der Waals surface area (Å²) < 4.78 is 28.2. The number of aromatic nitrogens is 1. The molecule has 2 aromatic carbocycles. The van der Waals surface area contributed by atoms with Crippen LogP contribution in [-0.2, 0) is 26.0 Å². The van der Waals surface area contributed by atoms with Crippen LogP contribution in [0.25, 0.3) is 10.9 Å². The van der Waals surface area contributed by atoms with Crippen molar-refractivity contribution in [3.05, 3.63) is 59.8 Å².